The number of carbonyl (C=O) groups is 2. The SMILES string of the molecule is Cc1cccc(Cl)c1NC=O.Cc1cnc(Nc2ccn(CC3CCN(C(=O)OC(C)(C)C)C3)n2)s1. The molecule has 1 aromatic carbocycles. The zero-order valence-corrected chi connectivity index (χ0v) is 22.8. The zero-order chi connectivity index (χ0) is 26.3. The van der Waals surface area contributed by atoms with Crippen LogP contribution in [-0.2, 0) is 16.1 Å². The lowest BCUT2D eigenvalue weighted by molar-refractivity contribution is -0.105. The summed E-state index contributed by atoms with van der Waals surface area (Å²) in [5.74, 6) is 1.18. The smallest absolute Gasteiger partial charge is 0.410 e. The van der Waals surface area contributed by atoms with Crippen molar-refractivity contribution in [1.29, 1.82) is 0 Å². The first-order valence-corrected chi connectivity index (χ1v) is 12.9. The molecule has 1 unspecified atom stereocenters. The lowest BCUT2D eigenvalue weighted by Crippen LogP contribution is -2.35. The number of hydrogen-bond donors (Lipinski definition) is 2. The van der Waals surface area contributed by atoms with Crippen LogP contribution in [-0.4, -0.2) is 50.9 Å². The van der Waals surface area contributed by atoms with Gasteiger partial charge in [-0.3, -0.25) is 9.48 Å². The van der Waals surface area contributed by atoms with Gasteiger partial charge in [-0.05, 0) is 58.6 Å². The highest BCUT2D eigenvalue weighted by Crippen LogP contribution is 2.25. The summed E-state index contributed by atoms with van der Waals surface area (Å²) in [6.07, 6.45) is 5.16. The maximum absolute atomic E-state index is 12.1. The molecule has 1 atom stereocenters. The summed E-state index contributed by atoms with van der Waals surface area (Å²) in [7, 11) is 0. The molecule has 3 heterocycles. The van der Waals surface area contributed by atoms with E-state index in [1.165, 1.54) is 0 Å². The number of nitrogens with one attached hydrogen (secondary N) is 2. The first-order chi connectivity index (χ1) is 17.0. The van der Waals surface area contributed by atoms with Crippen LogP contribution in [0.4, 0.5) is 21.4 Å². The summed E-state index contributed by atoms with van der Waals surface area (Å²) >= 11 is 7.39. The van der Waals surface area contributed by atoms with Crippen molar-refractivity contribution in [2.24, 2.45) is 5.92 Å². The van der Waals surface area contributed by atoms with Crippen molar-refractivity contribution in [3.8, 4) is 0 Å². The lowest BCUT2D eigenvalue weighted by Gasteiger charge is -2.24. The number of nitrogens with zero attached hydrogens (tertiary/aromatic N) is 4. The second kappa shape index (κ2) is 12.2. The number of rotatable bonds is 6. The van der Waals surface area contributed by atoms with Crippen LogP contribution in [0.3, 0.4) is 0 Å². The van der Waals surface area contributed by atoms with E-state index in [1.807, 2.05) is 69.9 Å². The van der Waals surface area contributed by atoms with Crippen LogP contribution in [0.15, 0.2) is 36.7 Å². The highest BCUT2D eigenvalue weighted by molar-refractivity contribution is 7.15. The van der Waals surface area contributed by atoms with E-state index in [0.717, 1.165) is 40.9 Å². The normalized spacial score (nSPS) is 15.2. The maximum atomic E-state index is 12.1. The molecule has 0 bridgehead atoms. The number of hydrogen-bond acceptors (Lipinski definition) is 7. The fraction of sp³-hybridized carbons (Fsp3) is 0.440. The summed E-state index contributed by atoms with van der Waals surface area (Å²) in [5, 5.41) is 11.7. The zero-order valence-electron chi connectivity index (χ0n) is 21.2. The molecule has 194 valence electrons. The van der Waals surface area contributed by atoms with Crippen LogP contribution >= 0.6 is 22.9 Å². The van der Waals surface area contributed by atoms with Crippen molar-refractivity contribution in [1.82, 2.24) is 19.7 Å². The van der Waals surface area contributed by atoms with Gasteiger partial charge in [0.05, 0.1) is 10.7 Å². The van der Waals surface area contributed by atoms with Gasteiger partial charge in [0.15, 0.2) is 10.9 Å². The Hall–Kier alpha value is -3.11. The van der Waals surface area contributed by atoms with Crippen LogP contribution in [0.25, 0.3) is 0 Å². The Kier molecular flexibility index (Phi) is 9.33. The van der Waals surface area contributed by atoms with Gasteiger partial charge in [-0.15, -0.1) is 11.3 Å². The molecule has 3 aromatic rings. The molecule has 36 heavy (non-hydrogen) atoms. The highest BCUT2D eigenvalue weighted by Gasteiger charge is 2.30. The molecule has 0 aliphatic carbocycles. The van der Waals surface area contributed by atoms with E-state index in [0.29, 0.717) is 29.6 Å². The molecule has 2 N–H and O–H groups in total. The Balaban J connectivity index is 0.000000275. The minimum absolute atomic E-state index is 0.225. The third-order valence-electron chi connectivity index (χ3n) is 5.30. The molecular weight excluding hydrogens is 500 g/mol. The molecule has 0 saturated carbocycles. The summed E-state index contributed by atoms with van der Waals surface area (Å²) in [6, 6.07) is 7.41. The molecule has 1 aliphatic rings. The Morgan fingerprint density at radius 2 is 2.08 bits per heavy atom. The topological polar surface area (TPSA) is 101 Å². The monoisotopic (exact) mass is 532 g/mol. The quantitative estimate of drug-likeness (QED) is 0.385. The van der Waals surface area contributed by atoms with Crippen molar-refractivity contribution in [3.05, 3.63) is 52.1 Å². The van der Waals surface area contributed by atoms with Gasteiger partial charge in [0.1, 0.15) is 5.60 Å². The number of aryl methyl sites for hydroxylation is 2. The van der Waals surface area contributed by atoms with Gasteiger partial charge in [0.25, 0.3) is 0 Å². The molecule has 0 radical (unpaired) electrons. The molecule has 1 saturated heterocycles. The Labute approximate surface area is 220 Å². The van der Waals surface area contributed by atoms with Gasteiger partial charge in [-0.25, -0.2) is 9.78 Å². The number of thiazole rings is 1. The molecule has 2 amide bonds. The number of likely N-dealkylation sites (tertiary alicyclic amines) is 1. The Morgan fingerprint density at radius 1 is 1.31 bits per heavy atom. The number of carbonyl (C=O) groups excluding carboxylic acids is 2. The van der Waals surface area contributed by atoms with Crippen molar-refractivity contribution in [3.63, 3.8) is 0 Å². The van der Waals surface area contributed by atoms with Crippen LogP contribution in [0.1, 0.15) is 37.6 Å². The van der Waals surface area contributed by atoms with Gasteiger partial charge in [-0.1, -0.05) is 23.7 Å². The van der Waals surface area contributed by atoms with Gasteiger partial charge in [-0.2, -0.15) is 5.10 Å². The molecule has 0 spiro atoms. The van der Waals surface area contributed by atoms with Crippen LogP contribution in [0.5, 0.6) is 0 Å². The van der Waals surface area contributed by atoms with Crippen molar-refractivity contribution >= 4 is 52.1 Å². The van der Waals surface area contributed by atoms with Crippen molar-refractivity contribution in [2.75, 3.05) is 23.7 Å². The molecule has 2 aromatic heterocycles. The summed E-state index contributed by atoms with van der Waals surface area (Å²) in [5.41, 5.74) is 1.19. The van der Waals surface area contributed by atoms with E-state index in [1.54, 1.807) is 22.3 Å². The van der Waals surface area contributed by atoms with Crippen molar-refractivity contribution in [2.45, 2.75) is 53.2 Å². The van der Waals surface area contributed by atoms with Crippen LogP contribution in [0.2, 0.25) is 5.02 Å². The van der Waals surface area contributed by atoms with E-state index < -0.39 is 5.60 Å². The number of benzene rings is 1. The van der Waals surface area contributed by atoms with Gasteiger partial charge in [0, 0.05) is 43.0 Å². The maximum Gasteiger partial charge on any atom is 0.410 e. The predicted octanol–water partition coefficient (Wildman–Crippen LogP) is 5.87. The fourth-order valence-electron chi connectivity index (χ4n) is 3.66. The number of para-hydroxylation sites is 1. The number of anilines is 3. The molecule has 4 rings (SSSR count). The average Bonchev–Trinajstić information content (AvgIpc) is 3.53. The summed E-state index contributed by atoms with van der Waals surface area (Å²) < 4.78 is 7.36. The van der Waals surface area contributed by atoms with E-state index >= 15 is 0 Å². The minimum Gasteiger partial charge on any atom is -0.444 e. The second-order valence-corrected chi connectivity index (χ2v) is 11.2. The molecule has 1 aliphatic heterocycles. The van der Waals surface area contributed by atoms with E-state index in [9.17, 15) is 9.59 Å². The largest absolute Gasteiger partial charge is 0.444 e. The number of halogens is 1. The third kappa shape index (κ3) is 8.23. The lowest BCUT2D eigenvalue weighted by atomic mass is 10.1. The van der Waals surface area contributed by atoms with Gasteiger partial charge in [0.2, 0.25) is 6.41 Å². The molecule has 9 nitrogen and oxygen atoms in total. The Morgan fingerprint density at radius 3 is 2.72 bits per heavy atom. The first kappa shape index (κ1) is 27.5. The van der Waals surface area contributed by atoms with E-state index in [2.05, 4.69) is 20.7 Å². The minimum atomic E-state index is -0.452. The van der Waals surface area contributed by atoms with Crippen molar-refractivity contribution < 1.29 is 14.3 Å². The standard InChI is InChI=1S/C17H25N5O2S.C8H8ClNO/c1-12-9-18-15(25-12)19-14-6-8-22(20-14)11-13-5-7-21(10-13)16(23)24-17(2,3)4;1-6-3-2-4-7(9)8(6)10-5-11/h6,8-9,13H,5,7,10-11H2,1-4H3,(H,18,19,20);2-5H,1H3,(H,10,11). The first-order valence-electron chi connectivity index (χ1n) is 11.7. The molecule has 1 fully saturated rings. The fourth-order valence-corrected chi connectivity index (χ4v) is 4.61. The number of aromatic nitrogens is 3. The van der Waals surface area contributed by atoms with E-state index in [-0.39, 0.29) is 6.09 Å². The number of ether oxygens (including phenoxy) is 1. The average molecular weight is 533 g/mol. The highest BCUT2D eigenvalue weighted by atomic mass is 35.5. The summed E-state index contributed by atoms with van der Waals surface area (Å²) in [4.78, 5) is 29.5. The molecular formula is C25H33ClN6O3S. The summed E-state index contributed by atoms with van der Waals surface area (Å²) in [6.45, 7) is 11.8. The Bertz CT molecular complexity index is 1150. The van der Waals surface area contributed by atoms with E-state index in [4.69, 9.17) is 16.3 Å². The third-order valence-corrected chi connectivity index (χ3v) is 6.45. The van der Waals surface area contributed by atoms with Gasteiger partial charge >= 0.3 is 6.09 Å². The predicted molar refractivity (Wildman–Crippen MR) is 144 cm³/mol. The number of amides is 2. The molecule has 11 heteroatoms. The van der Waals surface area contributed by atoms with Crippen LogP contribution < -0.4 is 10.6 Å². The van der Waals surface area contributed by atoms with Gasteiger partial charge < -0.3 is 20.3 Å². The second-order valence-electron chi connectivity index (χ2n) is 9.60. The van der Waals surface area contributed by atoms with Crippen LogP contribution in [0, 0.1) is 19.8 Å².